The molecule has 0 N–H and O–H groups in total. The molecule has 0 saturated carbocycles. The van der Waals surface area contributed by atoms with Gasteiger partial charge < -0.3 is 4.74 Å². The third-order valence-electron chi connectivity index (χ3n) is 4.66. The average Bonchev–Trinajstić information content (AvgIpc) is 2.53. The van der Waals surface area contributed by atoms with Crippen LogP contribution >= 0.6 is 0 Å². The minimum atomic E-state index is 0.582. The maximum absolute atomic E-state index is 5.91. The van der Waals surface area contributed by atoms with E-state index in [1.54, 1.807) is 0 Å². The van der Waals surface area contributed by atoms with E-state index in [1.807, 2.05) is 6.92 Å². The third kappa shape index (κ3) is 5.07. The SMILES string of the molecule is CCCN1CCCCC1CC(=Nc1c(C)cccc1C)OCC. The molecule has 23 heavy (non-hydrogen) atoms. The van der Waals surface area contributed by atoms with Crippen LogP contribution in [0, 0.1) is 13.8 Å². The number of hydrogen-bond donors (Lipinski definition) is 0. The van der Waals surface area contributed by atoms with Crippen LogP contribution in [0.2, 0.25) is 0 Å². The maximum atomic E-state index is 5.91. The Morgan fingerprint density at radius 3 is 2.61 bits per heavy atom. The van der Waals surface area contributed by atoms with Gasteiger partial charge in [-0.3, -0.25) is 4.90 Å². The van der Waals surface area contributed by atoms with E-state index >= 15 is 0 Å². The number of ether oxygens (including phenoxy) is 1. The normalized spacial score (nSPS) is 19.8. The van der Waals surface area contributed by atoms with Crippen LogP contribution in [0.4, 0.5) is 5.69 Å². The number of likely N-dealkylation sites (tertiary alicyclic amines) is 1. The highest BCUT2D eigenvalue weighted by molar-refractivity contribution is 5.81. The number of para-hydroxylation sites is 1. The number of piperidine rings is 1. The number of rotatable bonds is 6. The van der Waals surface area contributed by atoms with Gasteiger partial charge in [-0.05, 0) is 64.3 Å². The molecule has 3 nitrogen and oxygen atoms in total. The lowest BCUT2D eigenvalue weighted by Gasteiger charge is -2.35. The quantitative estimate of drug-likeness (QED) is 0.543. The van der Waals surface area contributed by atoms with Crippen LogP contribution in [-0.4, -0.2) is 36.5 Å². The van der Waals surface area contributed by atoms with Crippen LogP contribution in [0.5, 0.6) is 0 Å². The molecule has 3 heteroatoms. The van der Waals surface area contributed by atoms with Gasteiger partial charge in [-0.25, -0.2) is 4.99 Å². The number of aliphatic imine (C=N–C) groups is 1. The highest BCUT2D eigenvalue weighted by Crippen LogP contribution is 2.26. The number of benzene rings is 1. The Hall–Kier alpha value is -1.35. The molecule has 1 fully saturated rings. The molecule has 1 unspecified atom stereocenters. The van der Waals surface area contributed by atoms with E-state index < -0.39 is 0 Å². The van der Waals surface area contributed by atoms with E-state index in [-0.39, 0.29) is 0 Å². The van der Waals surface area contributed by atoms with Gasteiger partial charge in [0.15, 0.2) is 5.90 Å². The summed E-state index contributed by atoms with van der Waals surface area (Å²) in [5, 5.41) is 0. The van der Waals surface area contributed by atoms with Gasteiger partial charge >= 0.3 is 0 Å². The Morgan fingerprint density at radius 2 is 1.96 bits per heavy atom. The number of nitrogens with zero attached hydrogens (tertiary/aromatic N) is 2. The molecule has 1 aliphatic rings. The molecule has 2 rings (SSSR count). The Kier molecular flexibility index (Phi) is 7.10. The molecule has 0 aliphatic carbocycles. The fraction of sp³-hybridized carbons (Fsp3) is 0.650. The lowest BCUT2D eigenvalue weighted by molar-refractivity contribution is 0.146. The topological polar surface area (TPSA) is 24.8 Å². The second-order valence-electron chi connectivity index (χ2n) is 6.57. The van der Waals surface area contributed by atoms with Crippen LogP contribution in [0.25, 0.3) is 0 Å². The van der Waals surface area contributed by atoms with E-state index in [4.69, 9.17) is 9.73 Å². The zero-order chi connectivity index (χ0) is 16.7. The number of hydrogen-bond acceptors (Lipinski definition) is 3. The summed E-state index contributed by atoms with van der Waals surface area (Å²) in [7, 11) is 0. The summed E-state index contributed by atoms with van der Waals surface area (Å²) in [6.07, 6.45) is 6.07. The van der Waals surface area contributed by atoms with Gasteiger partial charge in [0.05, 0.1) is 12.3 Å². The van der Waals surface area contributed by atoms with E-state index in [0.717, 1.165) is 18.0 Å². The van der Waals surface area contributed by atoms with Crippen molar-refractivity contribution in [1.29, 1.82) is 0 Å². The number of aryl methyl sites for hydroxylation is 2. The molecule has 1 saturated heterocycles. The Balaban J connectivity index is 2.18. The Bertz CT molecular complexity index is 502. The zero-order valence-electron chi connectivity index (χ0n) is 15.3. The molecule has 0 spiro atoms. The van der Waals surface area contributed by atoms with Crippen molar-refractivity contribution >= 4 is 11.6 Å². The van der Waals surface area contributed by atoms with Gasteiger partial charge in [0.25, 0.3) is 0 Å². The van der Waals surface area contributed by atoms with Gasteiger partial charge in [-0.15, -0.1) is 0 Å². The first-order valence-electron chi connectivity index (χ1n) is 9.16. The first kappa shape index (κ1) is 18.0. The maximum Gasteiger partial charge on any atom is 0.189 e. The molecule has 0 bridgehead atoms. The van der Waals surface area contributed by atoms with E-state index in [1.165, 1.54) is 49.9 Å². The zero-order valence-corrected chi connectivity index (χ0v) is 15.3. The summed E-state index contributed by atoms with van der Waals surface area (Å²) < 4.78 is 5.91. The minimum absolute atomic E-state index is 0.582. The van der Waals surface area contributed by atoms with E-state index in [2.05, 4.69) is 43.9 Å². The van der Waals surface area contributed by atoms with Crippen molar-refractivity contribution in [3.63, 3.8) is 0 Å². The van der Waals surface area contributed by atoms with Gasteiger partial charge in [-0.1, -0.05) is 31.5 Å². The van der Waals surface area contributed by atoms with Crippen molar-refractivity contribution in [2.75, 3.05) is 19.7 Å². The molecule has 1 atom stereocenters. The van der Waals surface area contributed by atoms with Crippen molar-refractivity contribution in [3.05, 3.63) is 29.3 Å². The molecule has 0 radical (unpaired) electrons. The molecule has 128 valence electrons. The molecule has 1 aromatic carbocycles. The first-order chi connectivity index (χ1) is 11.2. The second-order valence-corrected chi connectivity index (χ2v) is 6.57. The lowest BCUT2D eigenvalue weighted by Crippen LogP contribution is -2.41. The summed E-state index contributed by atoms with van der Waals surface area (Å²) in [4.78, 5) is 7.53. The summed E-state index contributed by atoms with van der Waals surface area (Å²) in [6, 6.07) is 6.92. The standard InChI is InChI=1S/C20H32N2O/c1-5-13-22-14-8-7-12-18(22)15-19(23-6-2)21-20-16(3)10-9-11-17(20)4/h9-11,18H,5-8,12-15H2,1-4H3. The molecular formula is C20H32N2O. The van der Waals surface area contributed by atoms with Crippen LogP contribution < -0.4 is 0 Å². The summed E-state index contributed by atoms with van der Waals surface area (Å²) in [5.74, 6) is 0.901. The van der Waals surface area contributed by atoms with Gasteiger partial charge in [0, 0.05) is 12.5 Å². The van der Waals surface area contributed by atoms with E-state index in [0.29, 0.717) is 12.6 Å². The van der Waals surface area contributed by atoms with Gasteiger partial charge in [0.2, 0.25) is 0 Å². The minimum Gasteiger partial charge on any atom is -0.481 e. The molecule has 0 amide bonds. The molecule has 1 aromatic rings. The van der Waals surface area contributed by atoms with Gasteiger partial charge in [-0.2, -0.15) is 0 Å². The summed E-state index contributed by atoms with van der Waals surface area (Å²) >= 11 is 0. The molecule has 1 heterocycles. The predicted octanol–water partition coefficient (Wildman–Crippen LogP) is 5.02. The van der Waals surface area contributed by atoms with Crippen LogP contribution in [0.3, 0.4) is 0 Å². The molecule has 0 aromatic heterocycles. The predicted molar refractivity (Wildman–Crippen MR) is 98.8 cm³/mol. The fourth-order valence-electron chi connectivity index (χ4n) is 3.48. The van der Waals surface area contributed by atoms with Crippen LogP contribution in [0.15, 0.2) is 23.2 Å². The highest BCUT2D eigenvalue weighted by atomic mass is 16.5. The van der Waals surface area contributed by atoms with E-state index in [9.17, 15) is 0 Å². The Morgan fingerprint density at radius 1 is 1.22 bits per heavy atom. The monoisotopic (exact) mass is 316 g/mol. The summed E-state index contributed by atoms with van der Waals surface area (Å²) in [6.45, 7) is 11.7. The largest absolute Gasteiger partial charge is 0.481 e. The van der Waals surface area contributed by atoms with Crippen molar-refractivity contribution in [3.8, 4) is 0 Å². The molecule has 1 aliphatic heterocycles. The summed E-state index contributed by atoms with van der Waals surface area (Å²) in [5.41, 5.74) is 3.52. The highest BCUT2D eigenvalue weighted by Gasteiger charge is 2.24. The first-order valence-corrected chi connectivity index (χ1v) is 9.16. The Labute approximate surface area is 141 Å². The third-order valence-corrected chi connectivity index (χ3v) is 4.66. The second kappa shape index (κ2) is 9.07. The van der Waals surface area contributed by atoms with Gasteiger partial charge in [0.1, 0.15) is 0 Å². The van der Waals surface area contributed by atoms with Crippen molar-refractivity contribution in [2.45, 2.75) is 65.8 Å². The van der Waals surface area contributed by atoms with Crippen molar-refractivity contribution in [1.82, 2.24) is 4.90 Å². The van der Waals surface area contributed by atoms with Crippen molar-refractivity contribution in [2.24, 2.45) is 4.99 Å². The molecular weight excluding hydrogens is 284 g/mol. The lowest BCUT2D eigenvalue weighted by atomic mass is 9.99. The smallest absolute Gasteiger partial charge is 0.189 e. The fourth-order valence-corrected chi connectivity index (χ4v) is 3.48. The average molecular weight is 316 g/mol. The van der Waals surface area contributed by atoms with Crippen LogP contribution in [-0.2, 0) is 4.74 Å². The van der Waals surface area contributed by atoms with Crippen LogP contribution in [0.1, 0.15) is 57.1 Å². The van der Waals surface area contributed by atoms with Crippen molar-refractivity contribution < 1.29 is 4.74 Å².